The highest BCUT2D eigenvalue weighted by Crippen LogP contribution is 2.43. The van der Waals surface area contributed by atoms with Crippen LogP contribution in [0.5, 0.6) is 5.75 Å². The molecule has 5 heterocycles. The first-order chi connectivity index (χ1) is 18.6. The van der Waals surface area contributed by atoms with Gasteiger partial charge in [0, 0.05) is 89.7 Å². The molecule has 1 saturated heterocycles. The van der Waals surface area contributed by atoms with E-state index in [1.807, 2.05) is 41.4 Å². The predicted molar refractivity (Wildman–Crippen MR) is 149 cm³/mol. The molecular weight excluding hydrogens is 498 g/mol. The first-order valence-corrected chi connectivity index (χ1v) is 13.3. The van der Waals surface area contributed by atoms with E-state index in [0.717, 1.165) is 63.3 Å². The topological polar surface area (TPSA) is 83.1 Å². The molecule has 1 atom stereocenters. The van der Waals surface area contributed by atoms with Crippen molar-refractivity contribution >= 4 is 39.3 Å². The fourth-order valence-electron chi connectivity index (χ4n) is 5.58. The summed E-state index contributed by atoms with van der Waals surface area (Å²) in [6, 6.07) is 18.3. The molecule has 3 aromatic heterocycles. The van der Waals surface area contributed by atoms with Crippen LogP contribution in [0.4, 0.5) is 0 Å². The van der Waals surface area contributed by atoms with Crippen LogP contribution >= 0.6 is 11.6 Å². The molecule has 0 aliphatic carbocycles. The molecule has 2 aliphatic rings. The van der Waals surface area contributed by atoms with Crippen LogP contribution in [0.3, 0.4) is 0 Å². The van der Waals surface area contributed by atoms with E-state index >= 15 is 0 Å². The van der Waals surface area contributed by atoms with Gasteiger partial charge in [-0.25, -0.2) is 4.98 Å². The number of nitrogens with zero attached hydrogens (tertiary/aromatic N) is 3. The van der Waals surface area contributed by atoms with Crippen molar-refractivity contribution in [1.29, 1.82) is 0 Å². The van der Waals surface area contributed by atoms with Gasteiger partial charge in [0.2, 0.25) is 0 Å². The maximum atomic E-state index is 13.2. The summed E-state index contributed by atoms with van der Waals surface area (Å²) in [6.45, 7) is 3.02. The number of fused-ring (bicyclic) bond motifs is 3. The Bertz CT molecular complexity index is 1690. The molecule has 0 spiro atoms. The van der Waals surface area contributed by atoms with E-state index in [4.69, 9.17) is 16.3 Å². The monoisotopic (exact) mass is 523 g/mol. The van der Waals surface area contributed by atoms with E-state index in [-0.39, 0.29) is 5.91 Å². The van der Waals surface area contributed by atoms with Gasteiger partial charge < -0.3 is 19.9 Å². The van der Waals surface area contributed by atoms with Gasteiger partial charge in [-0.15, -0.1) is 0 Å². The minimum atomic E-state index is -0.529. The Kier molecular flexibility index (Phi) is 5.75. The van der Waals surface area contributed by atoms with Crippen LogP contribution < -0.4 is 10.1 Å². The van der Waals surface area contributed by atoms with E-state index < -0.39 is 6.10 Å². The molecule has 7 rings (SSSR count). The van der Waals surface area contributed by atoms with Crippen LogP contribution in [0.1, 0.15) is 17.0 Å². The molecule has 7 nitrogen and oxygen atoms in total. The standard InChI is InChI=1S/C30H26ClN5O2/c31-21-11-20-13-27(30(37)36-9-7-32-8-10-36)38-28(20)25(14-21)24-5-6-33-29-26(24)16-23(35-29)15-22-12-18-3-1-2-4-19(18)17-34-22/h1-6,11-12,14,16-17,27,32H,7-10,13,15H2,(H,33,35). The first-order valence-electron chi connectivity index (χ1n) is 12.9. The van der Waals surface area contributed by atoms with Gasteiger partial charge in [-0.2, -0.15) is 0 Å². The fourth-order valence-corrected chi connectivity index (χ4v) is 5.82. The van der Waals surface area contributed by atoms with Crippen molar-refractivity contribution in [2.75, 3.05) is 26.2 Å². The van der Waals surface area contributed by atoms with E-state index in [0.29, 0.717) is 31.0 Å². The highest BCUT2D eigenvalue weighted by atomic mass is 35.5. The Morgan fingerprint density at radius 1 is 1.03 bits per heavy atom. The number of carbonyl (C=O) groups excluding carboxylic acids is 1. The number of hydrogen-bond donors (Lipinski definition) is 2. The number of halogens is 1. The molecule has 2 aliphatic heterocycles. The van der Waals surface area contributed by atoms with Gasteiger partial charge in [-0.3, -0.25) is 9.78 Å². The predicted octanol–water partition coefficient (Wildman–Crippen LogP) is 4.76. The smallest absolute Gasteiger partial charge is 0.264 e. The van der Waals surface area contributed by atoms with Gasteiger partial charge in [0.1, 0.15) is 11.4 Å². The number of aromatic nitrogens is 3. The van der Waals surface area contributed by atoms with Crippen molar-refractivity contribution in [3.63, 3.8) is 0 Å². The van der Waals surface area contributed by atoms with Crippen molar-refractivity contribution in [2.24, 2.45) is 0 Å². The Balaban J connectivity index is 1.22. The Hall–Kier alpha value is -3.94. The van der Waals surface area contributed by atoms with E-state index in [2.05, 4.69) is 44.5 Å². The highest BCUT2D eigenvalue weighted by Gasteiger charge is 2.35. The van der Waals surface area contributed by atoms with Crippen molar-refractivity contribution in [2.45, 2.75) is 18.9 Å². The maximum absolute atomic E-state index is 13.2. The minimum Gasteiger partial charge on any atom is -0.479 e. The molecule has 1 amide bonds. The third kappa shape index (κ3) is 4.18. The van der Waals surface area contributed by atoms with Gasteiger partial charge in [0.25, 0.3) is 5.91 Å². The van der Waals surface area contributed by atoms with Crippen molar-refractivity contribution in [1.82, 2.24) is 25.2 Å². The van der Waals surface area contributed by atoms with Crippen LogP contribution in [-0.2, 0) is 17.6 Å². The molecule has 1 fully saturated rings. The average molecular weight is 524 g/mol. The lowest BCUT2D eigenvalue weighted by Crippen LogP contribution is -2.50. The molecule has 0 radical (unpaired) electrons. The number of ether oxygens (including phenoxy) is 1. The molecular formula is C30H26ClN5O2. The summed E-state index contributed by atoms with van der Waals surface area (Å²) in [5.41, 5.74) is 5.61. The van der Waals surface area contributed by atoms with E-state index in [1.165, 1.54) is 5.39 Å². The molecule has 1 unspecified atom stereocenters. The lowest BCUT2D eigenvalue weighted by molar-refractivity contribution is -0.138. The lowest BCUT2D eigenvalue weighted by Gasteiger charge is -2.29. The second-order valence-corrected chi connectivity index (χ2v) is 10.4. The number of pyridine rings is 2. The zero-order valence-electron chi connectivity index (χ0n) is 20.7. The summed E-state index contributed by atoms with van der Waals surface area (Å²) in [5.74, 6) is 0.769. The summed E-state index contributed by atoms with van der Waals surface area (Å²) in [7, 11) is 0. The second kappa shape index (κ2) is 9.42. The summed E-state index contributed by atoms with van der Waals surface area (Å²) in [4.78, 5) is 27.8. The molecule has 5 aromatic rings. The number of benzene rings is 2. The number of amides is 1. The highest BCUT2D eigenvalue weighted by molar-refractivity contribution is 6.31. The number of rotatable bonds is 4. The fraction of sp³-hybridized carbons (Fsp3) is 0.233. The third-order valence-corrected chi connectivity index (χ3v) is 7.66. The van der Waals surface area contributed by atoms with Crippen LogP contribution in [0.15, 0.2) is 67.0 Å². The molecule has 190 valence electrons. The second-order valence-electron chi connectivity index (χ2n) is 9.94. The van der Waals surface area contributed by atoms with Gasteiger partial charge >= 0.3 is 0 Å². The zero-order valence-corrected chi connectivity index (χ0v) is 21.5. The van der Waals surface area contributed by atoms with Gasteiger partial charge in [0.15, 0.2) is 6.10 Å². The number of carbonyl (C=O) groups is 1. The summed E-state index contributed by atoms with van der Waals surface area (Å²) < 4.78 is 6.34. The van der Waals surface area contributed by atoms with Crippen molar-refractivity contribution < 1.29 is 9.53 Å². The largest absolute Gasteiger partial charge is 0.479 e. The van der Waals surface area contributed by atoms with Crippen molar-refractivity contribution in [3.05, 3.63) is 89.0 Å². The molecule has 2 aromatic carbocycles. The number of hydrogen-bond acceptors (Lipinski definition) is 5. The quantitative estimate of drug-likeness (QED) is 0.355. The Labute approximate surface area is 224 Å². The third-order valence-electron chi connectivity index (χ3n) is 7.44. The molecule has 0 saturated carbocycles. The number of H-pyrrole nitrogens is 1. The van der Waals surface area contributed by atoms with Gasteiger partial charge in [-0.05, 0) is 41.3 Å². The number of piperazine rings is 1. The molecule has 38 heavy (non-hydrogen) atoms. The first kappa shape index (κ1) is 23.2. The molecule has 0 bridgehead atoms. The normalized spacial score (nSPS) is 17.1. The Morgan fingerprint density at radius 3 is 2.74 bits per heavy atom. The van der Waals surface area contributed by atoms with E-state index in [9.17, 15) is 4.79 Å². The van der Waals surface area contributed by atoms with Crippen LogP contribution in [-0.4, -0.2) is 58.0 Å². The lowest BCUT2D eigenvalue weighted by atomic mass is 9.99. The molecule has 2 N–H and O–H groups in total. The van der Waals surface area contributed by atoms with Crippen molar-refractivity contribution in [3.8, 4) is 16.9 Å². The van der Waals surface area contributed by atoms with Crippen LogP contribution in [0.2, 0.25) is 5.02 Å². The van der Waals surface area contributed by atoms with Crippen LogP contribution in [0.25, 0.3) is 32.9 Å². The summed E-state index contributed by atoms with van der Waals surface area (Å²) >= 11 is 6.57. The summed E-state index contributed by atoms with van der Waals surface area (Å²) in [5, 5.41) is 7.19. The summed E-state index contributed by atoms with van der Waals surface area (Å²) in [6.07, 6.45) is 4.36. The van der Waals surface area contributed by atoms with Gasteiger partial charge in [-0.1, -0.05) is 35.9 Å². The van der Waals surface area contributed by atoms with Crippen LogP contribution in [0, 0.1) is 0 Å². The number of nitrogens with one attached hydrogen (secondary N) is 2. The maximum Gasteiger partial charge on any atom is 0.264 e. The SMILES string of the molecule is O=C(C1Cc2cc(Cl)cc(-c3ccnc4[nH]c(Cc5cc6ccccc6cn5)cc34)c2O1)N1CCNCC1. The van der Waals surface area contributed by atoms with E-state index in [1.54, 1.807) is 6.20 Å². The number of aromatic amines is 1. The Morgan fingerprint density at radius 2 is 1.87 bits per heavy atom. The molecule has 8 heteroatoms. The average Bonchev–Trinajstić information content (AvgIpc) is 3.56. The van der Waals surface area contributed by atoms with Gasteiger partial charge in [0.05, 0.1) is 0 Å². The zero-order chi connectivity index (χ0) is 25.6. The minimum absolute atomic E-state index is 0.0384.